The lowest BCUT2D eigenvalue weighted by atomic mass is 10.1. The number of rotatable bonds is 2. The molecule has 1 N–H and O–H groups in total. The molecule has 1 amide bonds. The maximum atomic E-state index is 13.3. The molecule has 0 fully saturated rings. The summed E-state index contributed by atoms with van der Waals surface area (Å²) in [5, 5.41) is 10.4. The Kier molecular flexibility index (Phi) is 3.57. The van der Waals surface area contributed by atoms with Crippen molar-refractivity contribution in [3.05, 3.63) is 41.5 Å². The van der Waals surface area contributed by atoms with E-state index < -0.39 is 11.7 Å². The summed E-state index contributed by atoms with van der Waals surface area (Å²) in [5.41, 5.74) is 1.08. The number of carbonyl (C=O) groups excluding carboxylic acids is 1. The molecule has 5 nitrogen and oxygen atoms in total. The van der Waals surface area contributed by atoms with Gasteiger partial charge in [-0.2, -0.15) is 0 Å². The topological polar surface area (TPSA) is 59.8 Å². The summed E-state index contributed by atoms with van der Waals surface area (Å²) in [5.74, 6) is -0.802. The highest BCUT2D eigenvalue weighted by Crippen LogP contribution is 2.15. The first-order chi connectivity index (χ1) is 9.25. The summed E-state index contributed by atoms with van der Waals surface area (Å²) in [6.45, 7) is 7.63. The van der Waals surface area contributed by atoms with E-state index in [1.165, 1.54) is 12.1 Å². The molecule has 0 spiro atoms. The first-order valence-electron chi connectivity index (χ1n) is 6.27. The van der Waals surface area contributed by atoms with Gasteiger partial charge in [0.2, 0.25) is 0 Å². The predicted molar refractivity (Wildman–Crippen MR) is 74.1 cm³/mol. The number of benzene rings is 1. The zero-order chi connectivity index (χ0) is 14.9. The summed E-state index contributed by atoms with van der Waals surface area (Å²) >= 11 is 0. The van der Waals surface area contributed by atoms with Gasteiger partial charge in [0.05, 0.1) is 11.7 Å². The number of aryl methyl sites for hydroxylation is 1. The van der Waals surface area contributed by atoms with E-state index in [1.54, 1.807) is 23.9 Å². The molecule has 0 aliphatic heterocycles. The van der Waals surface area contributed by atoms with Crippen LogP contribution in [0.1, 0.15) is 36.8 Å². The summed E-state index contributed by atoms with van der Waals surface area (Å²) in [6, 6.07) is 4.35. The SMILES string of the molecule is Cc1cc(F)cc(NC(=O)c2cn(C(C)(C)C)nn2)c1. The third-order valence-corrected chi connectivity index (χ3v) is 2.71. The van der Waals surface area contributed by atoms with Gasteiger partial charge in [-0.3, -0.25) is 4.79 Å². The highest BCUT2D eigenvalue weighted by Gasteiger charge is 2.18. The van der Waals surface area contributed by atoms with Crippen LogP contribution < -0.4 is 5.32 Å². The second-order valence-corrected chi connectivity index (χ2v) is 5.69. The fraction of sp³-hybridized carbons (Fsp3) is 0.357. The highest BCUT2D eigenvalue weighted by atomic mass is 19.1. The van der Waals surface area contributed by atoms with E-state index in [4.69, 9.17) is 0 Å². The molecule has 1 aromatic heterocycles. The van der Waals surface area contributed by atoms with Gasteiger partial charge in [0.15, 0.2) is 5.69 Å². The van der Waals surface area contributed by atoms with Gasteiger partial charge in [-0.25, -0.2) is 9.07 Å². The van der Waals surface area contributed by atoms with E-state index in [9.17, 15) is 9.18 Å². The van der Waals surface area contributed by atoms with Crippen LogP contribution in [0.3, 0.4) is 0 Å². The van der Waals surface area contributed by atoms with E-state index in [-0.39, 0.29) is 11.2 Å². The minimum atomic E-state index is -0.412. The Morgan fingerprint density at radius 1 is 1.30 bits per heavy atom. The van der Waals surface area contributed by atoms with E-state index in [2.05, 4.69) is 15.6 Å². The Hall–Kier alpha value is -2.24. The lowest BCUT2D eigenvalue weighted by Gasteiger charge is -2.17. The second-order valence-electron chi connectivity index (χ2n) is 5.69. The first-order valence-corrected chi connectivity index (χ1v) is 6.27. The number of carbonyl (C=O) groups is 1. The van der Waals surface area contributed by atoms with Gasteiger partial charge >= 0.3 is 0 Å². The summed E-state index contributed by atoms with van der Waals surface area (Å²) in [6.07, 6.45) is 1.57. The maximum absolute atomic E-state index is 13.3. The quantitative estimate of drug-likeness (QED) is 0.917. The first kappa shape index (κ1) is 14.2. The molecule has 0 atom stereocenters. The molecule has 0 saturated carbocycles. The molecule has 2 aromatic rings. The highest BCUT2D eigenvalue weighted by molar-refractivity contribution is 6.02. The largest absolute Gasteiger partial charge is 0.320 e. The molecule has 0 aliphatic rings. The van der Waals surface area contributed by atoms with Crippen LogP contribution in [0.5, 0.6) is 0 Å². The van der Waals surface area contributed by atoms with Crippen LogP contribution in [0.15, 0.2) is 24.4 Å². The van der Waals surface area contributed by atoms with E-state index >= 15 is 0 Å². The zero-order valence-electron chi connectivity index (χ0n) is 11.9. The minimum absolute atomic E-state index is 0.196. The van der Waals surface area contributed by atoms with Crippen molar-refractivity contribution in [3.8, 4) is 0 Å². The molecule has 0 unspecified atom stereocenters. The van der Waals surface area contributed by atoms with Gasteiger partial charge in [0.1, 0.15) is 5.82 Å². The van der Waals surface area contributed by atoms with Crippen LogP contribution in [0.25, 0.3) is 0 Å². The molecular formula is C14H17FN4O. The van der Waals surface area contributed by atoms with Crippen LogP contribution in [0.4, 0.5) is 10.1 Å². The summed E-state index contributed by atoms with van der Waals surface area (Å²) < 4.78 is 14.9. The summed E-state index contributed by atoms with van der Waals surface area (Å²) in [7, 11) is 0. The van der Waals surface area contributed by atoms with Crippen molar-refractivity contribution in [1.82, 2.24) is 15.0 Å². The Morgan fingerprint density at radius 3 is 2.55 bits per heavy atom. The average Bonchev–Trinajstić information content (AvgIpc) is 2.75. The van der Waals surface area contributed by atoms with E-state index in [0.29, 0.717) is 5.69 Å². The van der Waals surface area contributed by atoms with Gasteiger partial charge in [-0.15, -0.1) is 5.10 Å². The number of aromatic nitrogens is 3. The number of halogens is 1. The van der Waals surface area contributed by atoms with Crippen LogP contribution >= 0.6 is 0 Å². The molecule has 6 heteroatoms. The fourth-order valence-corrected chi connectivity index (χ4v) is 1.70. The van der Waals surface area contributed by atoms with E-state index in [0.717, 1.165) is 5.56 Å². The molecule has 1 aromatic carbocycles. The number of hydrogen-bond acceptors (Lipinski definition) is 3. The van der Waals surface area contributed by atoms with Crippen LogP contribution in [-0.2, 0) is 5.54 Å². The molecule has 0 saturated heterocycles. The molecular weight excluding hydrogens is 259 g/mol. The van der Waals surface area contributed by atoms with Gasteiger partial charge in [0, 0.05) is 5.69 Å². The van der Waals surface area contributed by atoms with E-state index in [1.807, 2.05) is 20.8 Å². The lowest BCUT2D eigenvalue weighted by Crippen LogP contribution is -2.22. The monoisotopic (exact) mass is 276 g/mol. The third kappa shape index (κ3) is 3.20. The zero-order valence-corrected chi connectivity index (χ0v) is 11.9. The van der Waals surface area contributed by atoms with Crippen molar-refractivity contribution in [2.24, 2.45) is 0 Å². The Balaban J connectivity index is 2.18. The Labute approximate surface area is 116 Å². The molecule has 1 heterocycles. The molecule has 0 aliphatic carbocycles. The maximum Gasteiger partial charge on any atom is 0.277 e. The van der Waals surface area contributed by atoms with Gasteiger partial charge in [0.25, 0.3) is 5.91 Å². The number of nitrogens with zero attached hydrogens (tertiary/aromatic N) is 3. The Morgan fingerprint density at radius 2 is 2.00 bits per heavy atom. The normalized spacial score (nSPS) is 11.4. The van der Waals surface area contributed by atoms with Gasteiger partial charge in [-0.05, 0) is 51.5 Å². The lowest BCUT2D eigenvalue weighted by molar-refractivity contribution is 0.102. The number of nitrogens with one attached hydrogen (secondary N) is 1. The number of anilines is 1. The van der Waals surface area contributed by atoms with Crippen molar-refractivity contribution in [2.75, 3.05) is 5.32 Å². The van der Waals surface area contributed by atoms with Crippen molar-refractivity contribution in [2.45, 2.75) is 33.2 Å². The van der Waals surface area contributed by atoms with Crippen LogP contribution in [0.2, 0.25) is 0 Å². The predicted octanol–water partition coefficient (Wildman–Crippen LogP) is 2.73. The standard InChI is InChI=1S/C14H17FN4O/c1-9-5-10(15)7-11(6-9)16-13(20)12-8-19(18-17-12)14(2,3)4/h5-8H,1-4H3,(H,16,20). The molecule has 20 heavy (non-hydrogen) atoms. The molecule has 0 bridgehead atoms. The van der Waals surface area contributed by atoms with Crippen molar-refractivity contribution >= 4 is 11.6 Å². The van der Waals surface area contributed by atoms with Crippen LogP contribution in [-0.4, -0.2) is 20.9 Å². The average molecular weight is 276 g/mol. The number of amides is 1. The van der Waals surface area contributed by atoms with Gasteiger partial charge in [-0.1, -0.05) is 5.21 Å². The Bertz CT molecular complexity index is 623. The van der Waals surface area contributed by atoms with Gasteiger partial charge < -0.3 is 5.32 Å². The third-order valence-electron chi connectivity index (χ3n) is 2.71. The summed E-state index contributed by atoms with van der Waals surface area (Å²) in [4.78, 5) is 12.0. The molecule has 0 radical (unpaired) electrons. The molecule has 2 rings (SSSR count). The second kappa shape index (κ2) is 5.03. The van der Waals surface area contributed by atoms with Crippen molar-refractivity contribution in [1.29, 1.82) is 0 Å². The smallest absolute Gasteiger partial charge is 0.277 e. The van der Waals surface area contributed by atoms with Crippen LogP contribution in [0, 0.1) is 12.7 Å². The number of hydrogen-bond donors (Lipinski definition) is 1. The van der Waals surface area contributed by atoms with Crippen molar-refractivity contribution < 1.29 is 9.18 Å². The molecule has 106 valence electrons. The minimum Gasteiger partial charge on any atom is -0.320 e. The van der Waals surface area contributed by atoms with Crippen molar-refractivity contribution in [3.63, 3.8) is 0 Å². The fourth-order valence-electron chi connectivity index (χ4n) is 1.70.